The molecule has 6 heteroatoms. The van der Waals surface area contributed by atoms with Crippen molar-refractivity contribution in [3.8, 4) is 0 Å². The highest BCUT2D eigenvalue weighted by molar-refractivity contribution is 7.71. The maximum absolute atomic E-state index is 12.9. The minimum absolute atomic E-state index is 0.0686. The van der Waals surface area contributed by atoms with Crippen molar-refractivity contribution in [3.63, 3.8) is 0 Å². The molecule has 0 aliphatic rings. The highest BCUT2D eigenvalue weighted by atomic mass is 32.1. The molecule has 0 saturated heterocycles. The molecule has 1 heterocycles. The van der Waals surface area contributed by atoms with E-state index in [4.69, 9.17) is 12.2 Å². The summed E-state index contributed by atoms with van der Waals surface area (Å²) in [5, 5.41) is 0.506. The van der Waals surface area contributed by atoms with E-state index in [0.29, 0.717) is 21.2 Å². The maximum atomic E-state index is 12.9. The van der Waals surface area contributed by atoms with Crippen molar-refractivity contribution in [2.75, 3.05) is 7.05 Å². The van der Waals surface area contributed by atoms with Gasteiger partial charge in [-0.25, -0.2) is 0 Å². The molecular weight excluding hydrogens is 346 g/mol. The highest BCUT2D eigenvalue weighted by Crippen LogP contribution is 2.22. The number of fused-ring (bicyclic) bond motifs is 1. The molecule has 1 atom stereocenters. The molecule has 0 fully saturated rings. The van der Waals surface area contributed by atoms with E-state index in [9.17, 15) is 9.59 Å². The summed E-state index contributed by atoms with van der Waals surface area (Å²) < 4.78 is 1.71. The second kappa shape index (κ2) is 6.88. The first-order chi connectivity index (χ1) is 12.3. The van der Waals surface area contributed by atoms with Crippen LogP contribution < -0.4 is 5.56 Å². The predicted octanol–water partition coefficient (Wildman–Crippen LogP) is 3.74. The summed E-state index contributed by atoms with van der Waals surface area (Å²) in [6, 6.07) is 13.1. The van der Waals surface area contributed by atoms with Crippen molar-refractivity contribution in [1.82, 2.24) is 14.5 Å². The fraction of sp³-hybridized carbons (Fsp3) is 0.250. The normalized spacial score (nSPS) is 12.2. The standard InChI is InChI=1S/C20H21N3O2S/c1-12-5-7-14(8-6-12)13(2)22(3)18(24)15-9-10-16-17(11-15)21-20(26)23(4)19(16)25/h5-11,13H,1-4H3,(H,21,26). The number of hydrogen-bond acceptors (Lipinski definition) is 3. The predicted molar refractivity (Wildman–Crippen MR) is 106 cm³/mol. The van der Waals surface area contributed by atoms with Crippen LogP contribution >= 0.6 is 12.2 Å². The van der Waals surface area contributed by atoms with E-state index in [-0.39, 0.29) is 17.5 Å². The number of amides is 1. The molecule has 1 amide bonds. The Hall–Kier alpha value is -2.73. The molecule has 5 nitrogen and oxygen atoms in total. The summed E-state index contributed by atoms with van der Waals surface area (Å²) in [7, 11) is 3.40. The van der Waals surface area contributed by atoms with Crippen LogP contribution in [0.3, 0.4) is 0 Å². The molecule has 2 aromatic carbocycles. The molecular formula is C20H21N3O2S. The second-order valence-electron chi connectivity index (χ2n) is 6.56. The molecule has 0 spiro atoms. The summed E-state index contributed by atoms with van der Waals surface area (Å²) >= 11 is 5.16. The van der Waals surface area contributed by atoms with E-state index in [0.717, 1.165) is 5.56 Å². The number of benzene rings is 2. The third-order valence-electron chi connectivity index (χ3n) is 4.81. The smallest absolute Gasteiger partial charge is 0.261 e. The Kier molecular flexibility index (Phi) is 4.78. The third-order valence-corrected chi connectivity index (χ3v) is 5.18. The zero-order valence-electron chi connectivity index (χ0n) is 15.2. The van der Waals surface area contributed by atoms with E-state index >= 15 is 0 Å². The summed E-state index contributed by atoms with van der Waals surface area (Å²) in [5.74, 6) is -0.111. The van der Waals surface area contributed by atoms with Crippen molar-refractivity contribution < 1.29 is 4.79 Å². The molecule has 1 unspecified atom stereocenters. The molecule has 0 aliphatic carbocycles. The lowest BCUT2D eigenvalue weighted by Gasteiger charge is -2.25. The van der Waals surface area contributed by atoms with Crippen LogP contribution in [0, 0.1) is 11.7 Å². The molecule has 3 rings (SSSR count). The maximum Gasteiger partial charge on any atom is 0.261 e. The van der Waals surface area contributed by atoms with Gasteiger partial charge in [-0.2, -0.15) is 0 Å². The van der Waals surface area contributed by atoms with Gasteiger partial charge >= 0.3 is 0 Å². The van der Waals surface area contributed by atoms with E-state index in [1.54, 1.807) is 37.2 Å². The van der Waals surface area contributed by atoms with Gasteiger partial charge in [0.25, 0.3) is 11.5 Å². The van der Waals surface area contributed by atoms with Gasteiger partial charge in [-0.15, -0.1) is 0 Å². The van der Waals surface area contributed by atoms with Crippen LogP contribution in [0.2, 0.25) is 0 Å². The summed E-state index contributed by atoms with van der Waals surface area (Å²) in [6.45, 7) is 4.03. The van der Waals surface area contributed by atoms with Crippen LogP contribution in [-0.4, -0.2) is 27.4 Å². The van der Waals surface area contributed by atoms with Crippen LogP contribution in [0.25, 0.3) is 10.9 Å². The van der Waals surface area contributed by atoms with Crippen LogP contribution in [0.5, 0.6) is 0 Å². The number of H-pyrrole nitrogens is 1. The monoisotopic (exact) mass is 367 g/mol. The first kappa shape index (κ1) is 18.1. The molecule has 134 valence electrons. The van der Waals surface area contributed by atoms with Gasteiger partial charge in [0.05, 0.1) is 16.9 Å². The van der Waals surface area contributed by atoms with Crippen LogP contribution in [0.1, 0.15) is 34.5 Å². The molecule has 0 saturated carbocycles. The lowest BCUT2D eigenvalue weighted by Crippen LogP contribution is -2.29. The van der Waals surface area contributed by atoms with E-state index in [2.05, 4.69) is 4.98 Å². The average Bonchev–Trinajstić information content (AvgIpc) is 2.64. The Morgan fingerprint density at radius 1 is 1.19 bits per heavy atom. The van der Waals surface area contributed by atoms with Crippen molar-refractivity contribution in [3.05, 3.63) is 74.3 Å². The fourth-order valence-corrected chi connectivity index (χ4v) is 3.08. The van der Waals surface area contributed by atoms with Crippen LogP contribution in [0.15, 0.2) is 47.3 Å². The summed E-state index contributed by atoms with van der Waals surface area (Å²) in [4.78, 5) is 29.9. The Balaban J connectivity index is 1.96. The van der Waals surface area contributed by atoms with Crippen molar-refractivity contribution in [1.29, 1.82) is 0 Å². The summed E-state index contributed by atoms with van der Waals surface area (Å²) in [5.41, 5.74) is 3.16. The van der Waals surface area contributed by atoms with Gasteiger partial charge in [0.2, 0.25) is 0 Å². The van der Waals surface area contributed by atoms with Gasteiger partial charge in [0.1, 0.15) is 0 Å². The quantitative estimate of drug-likeness (QED) is 0.718. The number of hydrogen-bond donors (Lipinski definition) is 1. The number of carbonyl (C=O) groups excluding carboxylic acids is 1. The zero-order chi connectivity index (χ0) is 19.0. The number of aromatic nitrogens is 2. The minimum Gasteiger partial charge on any atom is -0.335 e. The number of nitrogens with zero attached hydrogens (tertiary/aromatic N) is 2. The highest BCUT2D eigenvalue weighted by Gasteiger charge is 2.19. The van der Waals surface area contributed by atoms with Gasteiger partial charge in [0.15, 0.2) is 4.77 Å². The molecule has 0 bridgehead atoms. The average molecular weight is 367 g/mol. The molecule has 0 aliphatic heterocycles. The first-order valence-corrected chi connectivity index (χ1v) is 8.77. The topological polar surface area (TPSA) is 58.1 Å². The van der Waals surface area contributed by atoms with E-state index in [1.807, 2.05) is 38.1 Å². The van der Waals surface area contributed by atoms with Crippen molar-refractivity contribution in [2.24, 2.45) is 7.05 Å². The molecule has 1 aromatic heterocycles. The van der Waals surface area contributed by atoms with Gasteiger partial charge in [-0.1, -0.05) is 29.8 Å². The molecule has 0 radical (unpaired) electrons. The first-order valence-electron chi connectivity index (χ1n) is 8.36. The molecule has 26 heavy (non-hydrogen) atoms. The van der Waals surface area contributed by atoms with Gasteiger partial charge < -0.3 is 9.88 Å². The van der Waals surface area contributed by atoms with E-state index in [1.165, 1.54) is 10.1 Å². The number of aromatic amines is 1. The third kappa shape index (κ3) is 3.20. The Morgan fingerprint density at radius 3 is 2.50 bits per heavy atom. The molecule has 1 N–H and O–H groups in total. The minimum atomic E-state index is -0.177. The molecule has 3 aromatic rings. The lowest BCUT2D eigenvalue weighted by molar-refractivity contribution is 0.0743. The van der Waals surface area contributed by atoms with Gasteiger partial charge in [-0.05, 0) is 49.8 Å². The Bertz CT molecular complexity index is 1100. The number of nitrogens with one attached hydrogen (secondary N) is 1. The SMILES string of the molecule is Cc1ccc(C(C)N(C)C(=O)c2ccc3c(=O)n(C)c(=S)[nH]c3c2)cc1. The van der Waals surface area contributed by atoms with Crippen molar-refractivity contribution >= 4 is 29.0 Å². The van der Waals surface area contributed by atoms with Crippen molar-refractivity contribution in [2.45, 2.75) is 19.9 Å². The Morgan fingerprint density at radius 2 is 1.85 bits per heavy atom. The van der Waals surface area contributed by atoms with Crippen LogP contribution in [-0.2, 0) is 7.05 Å². The lowest BCUT2D eigenvalue weighted by atomic mass is 10.0. The van der Waals surface area contributed by atoms with Gasteiger partial charge in [0, 0.05) is 19.7 Å². The zero-order valence-corrected chi connectivity index (χ0v) is 16.1. The fourth-order valence-electron chi connectivity index (χ4n) is 2.89. The van der Waals surface area contributed by atoms with E-state index < -0.39 is 0 Å². The van der Waals surface area contributed by atoms with Crippen LogP contribution in [0.4, 0.5) is 0 Å². The number of aryl methyl sites for hydroxylation is 1. The summed E-state index contributed by atoms with van der Waals surface area (Å²) in [6.07, 6.45) is 0. The Labute approximate surface area is 156 Å². The second-order valence-corrected chi connectivity index (χ2v) is 6.94. The number of carbonyl (C=O) groups is 1. The largest absolute Gasteiger partial charge is 0.335 e. The van der Waals surface area contributed by atoms with Gasteiger partial charge in [-0.3, -0.25) is 14.2 Å². The number of rotatable bonds is 3.